The minimum Gasteiger partial charge on any atom is -0.465 e. The summed E-state index contributed by atoms with van der Waals surface area (Å²) >= 11 is 1.01. The largest absolute Gasteiger partial charge is 0.465 e. The van der Waals surface area contributed by atoms with E-state index in [9.17, 15) is 9.59 Å². The van der Waals surface area contributed by atoms with Crippen LogP contribution in [0.1, 0.15) is 6.92 Å². The van der Waals surface area contributed by atoms with Crippen LogP contribution in [0.4, 0.5) is 0 Å². The third-order valence-electron chi connectivity index (χ3n) is 2.06. The highest BCUT2D eigenvalue weighted by molar-refractivity contribution is 8.14. The van der Waals surface area contributed by atoms with E-state index in [0.29, 0.717) is 0 Å². The molecule has 0 aliphatic rings. The van der Waals surface area contributed by atoms with Gasteiger partial charge in [0.05, 0.1) is 12.0 Å². The maximum atomic E-state index is 11.3. The number of ketones is 1. The molecule has 20 heavy (non-hydrogen) atoms. The summed E-state index contributed by atoms with van der Waals surface area (Å²) in [7, 11) is 0. The summed E-state index contributed by atoms with van der Waals surface area (Å²) in [4.78, 5) is 21.9. The minimum absolute atomic E-state index is 0.0525. The molecule has 1 aromatic rings. The monoisotopic (exact) mass is 288 g/mol. The lowest BCUT2D eigenvalue weighted by Gasteiger charge is -1.96. The molecule has 0 atom stereocenters. The van der Waals surface area contributed by atoms with E-state index in [-0.39, 0.29) is 16.7 Å². The Hall–Kier alpha value is -2.07. The number of hydrogen-bond acceptors (Lipinski definition) is 4. The molecule has 0 radical (unpaired) electrons. The van der Waals surface area contributed by atoms with Crippen molar-refractivity contribution < 1.29 is 14.3 Å². The number of carbonyl (C=O) groups excluding carboxylic acids is 2. The number of hydrogen-bond donors (Lipinski definition) is 0. The van der Waals surface area contributed by atoms with Gasteiger partial charge in [-0.05, 0) is 24.3 Å². The van der Waals surface area contributed by atoms with E-state index in [1.807, 2.05) is 30.3 Å². The molecule has 0 N–H and O–H groups in total. The predicted octanol–water partition coefficient (Wildman–Crippen LogP) is 3.54. The van der Waals surface area contributed by atoms with Crippen LogP contribution in [0.15, 0.2) is 67.0 Å². The van der Waals surface area contributed by atoms with Crippen LogP contribution >= 0.6 is 11.8 Å². The minimum atomic E-state index is -0.0839. The summed E-state index contributed by atoms with van der Waals surface area (Å²) in [6, 6.07) is 9.43. The van der Waals surface area contributed by atoms with Gasteiger partial charge in [-0.3, -0.25) is 9.59 Å². The molecule has 0 fully saturated rings. The average molecular weight is 288 g/mol. The Labute approximate surface area is 123 Å². The highest BCUT2D eigenvalue weighted by Gasteiger charge is 1.98. The Morgan fingerprint density at radius 2 is 1.80 bits per heavy atom. The summed E-state index contributed by atoms with van der Waals surface area (Å²) in [5, 5.41) is -0.0525. The quantitative estimate of drug-likeness (QED) is 0.437. The van der Waals surface area contributed by atoms with Gasteiger partial charge < -0.3 is 4.74 Å². The second-order valence-corrected chi connectivity index (χ2v) is 4.90. The molecule has 0 aliphatic carbocycles. The van der Waals surface area contributed by atoms with Crippen LogP contribution in [0.2, 0.25) is 0 Å². The van der Waals surface area contributed by atoms with Crippen molar-refractivity contribution in [1.29, 1.82) is 0 Å². The molecule has 0 saturated carbocycles. The number of allylic oxidation sites excluding steroid dienone is 5. The van der Waals surface area contributed by atoms with Crippen molar-refractivity contribution in [1.82, 2.24) is 0 Å². The van der Waals surface area contributed by atoms with Crippen molar-refractivity contribution >= 4 is 22.7 Å². The standard InChI is InChI=1S/C16H16O3S/c1-14(17)20-13-15(18)9-5-2-3-8-12-19-16-10-6-4-7-11-16/h2-12H,13H2,1H3. The number of carbonyl (C=O) groups is 2. The number of thioether (sulfide) groups is 1. The number of para-hydroxylation sites is 1. The molecule has 0 unspecified atom stereocenters. The smallest absolute Gasteiger partial charge is 0.186 e. The second kappa shape index (κ2) is 9.81. The maximum absolute atomic E-state index is 11.3. The molecule has 104 valence electrons. The third kappa shape index (κ3) is 8.11. The Bertz CT molecular complexity index is 516. The zero-order valence-electron chi connectivity index (χ0n) is 11.2. The lowest BCUT2D eigenvalue weighted by Crippen LogP contribution is -1.98. The Morgan fingerprint density at radius 1 is 1.10 bits per heavy atom. The van der Waals surface area contributed by atoms with Crippen LogP contribution in [0.5, 0.6) is 5.75 Å². The molecule has 0 heterocycles. The molecular formula is C16H16O3S. The van der Waals surface area contributed by atoms with Gasteiger partial charge >= 0.3 is 0 Å². The maximum Gasteiger partial charge on any atom is 0.186 e. The fourth-order valence-electron chi connectivity index (χ4n) is 1.17. The van der Waals surface area contributed by atoms with E-state index in [0.717, 1.165) is 17.5 Å². The molecular weight excluding hydrogens is 272 g/mol. The molecule has 1 rings (SSSR count). The number of benzene rings is 1. The van der Waals surface area contributed by atoms with Crippen molar-refractivity contribution in [3.63, 3.8) is 0 Å². The van der Waals surface area contributed by atoms with Crippen molar-refractivity contribution in [2.45, 2.75) is 6.92 Å². The van der Waals surface area contributed by atoms with Crippen LogP contribution in [0.25, 0.3) is 0 Å². The molecule has 3 nitrogen and oxygen atoms in total. The molecule has 1 aromatic carbocycles. The summed E-state index contributed by atoms with van der Waals surface area (Å²) in [5.41, 5.74) is 0. The highest BCUT2D eigenvalue weighted by Crippen LogP contribution is 2.08. The summed E-state index contributed by atoms with van der Waals surface area (Å²) < 4.78 is 5.33. The van der Waals surface area contributed by atoms with Gasteiger partial charge in [-0.15, -0.1) is 0 Å². The van der Waals surface area contributed by atoms with Crippen molar-refractivity contribution in [3.8, 4) is 5.75 Å². The van der Waals surface area contributed by atoms with E-state index >= 15 is 0 Å². The highest BCUT2D eigenvalue weighted by atomic mass is 32.2. The summed E-state index contributed by atoms with van der Waals surface area (Å²) in [6.07, 6.45) is 9.85. The first kappa shape index (κ1) is 16.0. The summed E-state index contributed by atoms with van der Waals surface area (Å²) in [5.74, 6) is 0.871. The van der Waals surface area contributed by atoms with Gasteiger partial charge in [-0.25, -0.2) is 0 Å². The van der Waals surface area contributed by atoms with E-state index in [1.165, 1.54) is 13.0 Å². The van der Waals surface area contributed by atoms with Crippen molar-refractivity contribution in [3.05, 3.63) is 67.0 Å². The van der Waals surface area contributed by atoms with E-state index in [2.05, 4.69) is 0 Å². The normalized spacial score (nSPS) is 11.4. The van der Waals surface area contributed by atoms with Crippen LogP contribution in [-0.2, 0) is 9.59 Å². The molecule has 0 spiro atoms. The van der Waals surface area contributed by atoms with E-state index in [1.54, 1.807) is 30.6 Å². The molecule has 0 bridgehead atoms. The van der Waals surface area contributed by atoms with Gasteiger partial charge in [0, 0.05) is 6.92 Å². The Balaban J connectivity index is 2.24. The van der Waals surface area contributed by atoms with Crippen LogP contribution in [-0.4, -0.2) is 16.7 Å². The fourth-order valence-corrected chi connectivity index (χ4v) is 1.62. The van der Waals surface area contributed by atoms with Gasteiger partial charge in [0.1, 0.15) is 5.75 Å². The van der Waals surface area contributed by atoms with Crippen LogP contribution in [0, 0.1) is 0 Å². The van der Waals surface area contributed by atoms with Gasteiger partial charge in [0.25, 0.3) is 0 Å². The molecule has 4 heteroatoms. The lowest BCUT2D eigenvalue weighted by molar-refractivity contribution is -0.113. The van der Waals surface area contributed by atoms with E-state index in [4.69, 9.17) is 4.74 Å². The molecule has 0 saturated heterocycles. The molecule has 0 amide bonds. The first-order chi connectivity index (χ1) is 9.68. The van der Waals surface area contributed by atoms with E-state index < -0.39 is 0 Å². The van der Waals surface area contributed by atoms with Gasteiger partial charge in [-0.2, -0.15) is 0 Å². The van der Waals surface area contributed by atoms with Crippen LogP contribution in [0.3, 0.4) is 0 Å². The van der Waals surface area contributed by atoms with Gasteiger partial charge in [-0.1, -0.05) is 48.2 Å². The SMILES string of the molecule is CC(=O)SCC(=O)C=CC=CC=COc1ccccc1. The lowest BCUT2D eigenvalue weighted by atomic mass is 10.3. The number of rotatable bonds is 7. The average Bonchev–Trinajstić information content (AvgIpc) is 2.45. The zero-order valence-corrected chi connectivity index (χ0v) is 12.0. The molecule has 0 aliphatic heterocycles. The zero-order chi connectivity index (χ0) is 14.6. The van der Waals surface area contributed by atoms with Crippen molar-refractivity contribution in [2.24, 2.45) is 0 Å². The second-order valence-electron chi connectivity index (χ2n) is 3.75. The topological polar surface area (TPSA) is 43.4 Å². The fraction of sp³-hybridized carbons (Fsp3) is 0.125. The van der Waals surface area contributed by atoms with Gasteiger partial charge in [0.15, 0.2) is 10.9 Å². The Kier molecular flexibility index (Phi) is 7.84. The first-order valence-electron chi connectivity index (χ1n) is 6.06. The third-order valence-corrected chi connectivity index (χ3v) is 2.89. The number of ether oxygens (including phenoxy) is 1. The van der Waals surface area contributed by atoms with Crippen LogP contribution < -0.4 is 4.74 Å². The summed E-state index contributed by atoms with van der Waals surface area (Å²) in [6.45, 7) is 1.44. The molecule has 0 aromatic heterocycles. The van der Waals surface area contributed by atoms with Crippen molar-refractivity contribution in [2.75, 3.05) is 5.75 Å². The van der Waals surface area contributed by atoms with Gasteiger partial charge in [0.2, 0.25) is 0 Å². The first-order valence-corrected chi connectivity index (χ1v) is 7.05. The predicted molar refractivity (Wildman–Crippen MR) is 82.6 cm³/mol. The Morgan fingerprint density at radius 3 is 2.50 bits per heavy atom.